The molecule has 2 heterocycles. The lowest BCUT2D eigenvalue weighted by Crippen LogP contribution is -2.24. The highest BCUT2D eigenvalue weighted by Crippen LogP contribution is 2.36. The predicted octanol–water partition coefficient (Wildman–Crippen LogP) is 5.22. The highest BCUT2D eigenvalue weighted by molar-refractivity contribution is 7.22. The Bertz CT molecular complexity index is 973. The lowest BCUT2D eigenvalue weighted by molar-refractivity contribution is -0.137. The second kappa shape index (κ2) is 6.95. The average molecular weight is 394 g/mol. The zero-order chi connectivity index (χ0) is 19.0. The maximum absolute atomic E-state index is 13.0. The Hall–Kier alpha value is -2.42. The Morgan fingerprint density at radius 3 is 2.74 bits per heavy atom. The van der Waals surface area contributed by atoms with Crippen LogP contribution in [-0.4, -0.2) is 21.1 Å². The number of rotatable bonds is 3. The van der Waals surface area contributed by atoms with E-state index >= 15 is 0 Å². The molecule has 2 aromatic heterocycles. The van der Waals surface area contributed by atoms with Crippen molar-refractivity contribution in [3.63, 3.8) is 0 Å². The number of nitrogens with one attached hydrogen (secondary N) is 2. The lowest BCUT2D eigenvalue weighted by atomic mass is 9.89. The molecule has 27 heavy (non-hydrogen) atoms. The van der Waals surface area contributed by atoms with Crippen molar-refractivity contribution in [2.75, 3.05) is 5.32 Å². The molecule has 3 aromatic rings. The molecule has 9 heteroatoms. The number of anilines is 1. The average Bonchev–Trinajstić information content (AvgIpc) is 3.22. The van der Waals surface area contributed by atoms with Gasteiger partial charge in [0.05, 0.1) is 11.3 Å². The van der Waals surface area contributed by atoms with Gasteiger partial charge in [0.15, 0.2) is 10.8 Å². The van der Waals surface area contributed by atoms with Crippen LogP contribution in [0.25, 0.3) is 21.6 Å². The summed E-state index contributed by atoms with van der Waals surface area (Å²) in [6, 6.07) is 5.05. The molecule has 1 aliphatic rings. The van der Waals surface area contributed by atoms with Gasteiger partial charge in [0.1, 0.15) is 4.70 Å². The van der Waals surface area contributed by atoms with Crippen LogP contribution in [0.15, 0.2) is 24.3 Å². The number of halogens is 3. The van der Waals surface area contributed by atoms with Crippen molar-refractivity contribution in [1.29, 1.82) is 0 Å². The number of carbonyl (C=O) groups excluding carboxylic acids is 1. The fourth-order valence-corrected chi connectivity index (χ4v) is 4.31. The first kappa shape index (κ1) is 18.0. The standard InChI is InChI=1S/C18H17F3N4OS/c19-18(20,21)12-8-4-7-11(9-12)13-14-15(25-24-13)22-17(27-14)23-16(26)10-5-2-1-3-6-10/h4,7-10H,1-3,5-6H2,(H2,22,23,24,25,26). The largest absolute Gasteiger partial charge is 0.416 e. The summed E-state index contributed by atoms with van der Waals surface area (Å²) in [5.41, 5.74) is 0.498. The van der Waals surface area contributed by atoms with E-state index in [2.05, 4.69) is 20.5 Å². The summed E-state index contributed by atoms with van der Waals surface area (Å²) in [7, 11) is 0. The van der Waals surface area contributed by atoms with E-state index in [1.165, 1.54) is 17.4 Å². The molecule has 0 atom stereocenters. The molecule has 4 rings (SSSR count). The third kappa shape index (κ3) is 3.69. The molecule has 0 aliphatic heterocycles. The molecule has 0 unspecified atom stereocenters. The van der Waals surface area contributed by atoms with E-state index in [1.54, 1.807) is 6.07 Å². The van der Waals surface area contributed by atoms with E-state index in [0.29, 0.717) is 26.7 Å². The van der Waals surface area contributed by atoms with E-state index in [4.69, 9.17) is 0 Å². The van der Waals surface area contributed by atoms with Gasteiger partial charge in [0.25, 0.3) is 0 Å². The fraction of sp³-hybridized carbons (Fsp3) is 0.389. The van der Waals surface area contributed by atoms with Crippen LogP contribution < -0.4 is 5.32 Å². The van der Waals surface area contributed by atoms with Crippen LogP contribution in [0.4, 0.5) is 18.3 Å². The van der Waals surface area contributed by atoms with E-state index in [9.17, 15) is 18.0 Å². The highest BCUT2D eigenvalue weighted by atomic mass is 32.1. The van der Waals surface area contributed by atoms with Crippen molar-refractivity contribution in [3.8, 4) is 11.3 Å². The number of hydrogen-bond donors (Lipinski definition) is 2. The van der Waals surface area contributed by atoms with Crippen LogP contribution in [0, 0.1) is 5.92 Å². The third-order valence-corrected chi connectivity index (χ3v) is 5.77. The minimum absolute atomic E-state index is 0.000489. The number of thiazole rings is 1. The number of hydrogen-bond acceptors (Lipinski definition) is 4. The monoisotopic (exact) mass is 394 g/mol. The first-order valence-electron chi connectivity index (χ1n) is 8.75. The number of H-pyrrole nitrogens is 1. The summed E-state index contributed by atoms with van der Waals surface area (Å²) in [5, 5.41) is 10.1. The SMILES string of the molecule is O=C(Nc1nc2n[nH]c(-c3cccc(C(F)(F)F)c3)c2s1)C1CCCCC1. The van der Waals surface area contributed by atoms with Crippen LogP contribution in [0.2, 0.25) is 0 Å². The zero-order valence-corrected chi connectivity index (χ0v) is 15.1. The summed E-state index contributed by atoms with van der Waals surface area (Å²) in [5.74, 6) is -0.0461. The maximum Gasteiger partial charge on any atom is 0.416 e. The second-order valence-electron chi connectivity index (χ2n) is 6.67. The van der Waals surface area contributed by atoms with Crippen LogP contribution in [0.3, 0.4) is 0 Å². The van der Waals surface area contributed by atoms with Gasteiger partial charge in [0, 0.05) is 11.5 Å². The molecule has 1 saturated carbocycles. The Morgan fingerprint density at radius 2 is 2.00 bits per heavy atom. The normalized spacial score (nSPS) is 16.0. The highest BCUT2D eigenvalue weighted by Gasteiger charge is 2.31. The molecule has 1 fully saturated rings. The summed E-state index contributed by atoms with van der Waals surface area (Å²) in [6.07, 6.45) is 0.616. The Kier molecular flexibility index (Phi) is 4.63. The minimum atomic E-state index is -4.41. The molecular weight excluding hydrogens is 377 g/mol. The maximum atomic E-state index is 13.0. The first-order chi connectivity index (χ1) is 12.9. The second-order valence-corrected chi connectivity index (χ2v) is 7.67. The summed E-state index contributed by atoms with van der Waals surface area (Å²) in [6.45, 7) is 0. The molecule has 0 saturated heterocycles. The molecule has 1 aromatic carbocycles. The fourth-order valence-electron chi connectivity index (χ4n) is 3.38. The van der Waals surface area contributed by atoms with Crippen LogP contribution >= 0.6 is 11.3 Å². The van der Waals surface area contributed by atoms with Gasteiger partial charge in [-0.2, -0.15) is 23.3 Å². The van der Waals surface area contributed by atoms with Crippen LogP contribution in [0.5, 0.6) is 0 Å². The summed E-state index contributed by atoms with van der Waals surface area (Å²) in [4.78, 5) is 16.7. The van der Waals surface area contributed by atoms with E-state index < -0.39 is 11.7 Å². The van der Waals surface area contributed by atoms with Gasteiger partial charge in [-0.25, -0.2) is 0 Å². The number of aromatic nitrogens is 3. The quantitative estimate of drug-likeness (QED) is 0.639. The predicted molar refractivity (Wildman–Crippen MR) is 97.4 cm³/mol. The van der Waals surface area contributed by atoms with E-state index in [0.717, 1.165) is 44.2 Å². The van der Waals surface area contributed by atoms with Crippen molar-refractivity contribution < 1.29 is 18.0 Å². The molecule has 142 valence electrons. The van der Waals surface area contributed by atoms with Gasteiger partial charge >= 0.3 is 6.18 Å². The zero-order valence-electron chi connectivity index (χ0n) is 14.3. The number of alkyl halides is 3. The van der Waals surface area contributed by atoms with Gasteiger partial charge in [0.2, 0.25) is 5.91 Å². The van der Waals surface area contributed by atoms with Crippen molar-refractivity contribution >= 4 is 32.7 Å². The number of carbonyl (C=O) groups is 1. The van der Waals surface area contributed by atoms with Gasteiger partial charge < -0.3 is 5.32 Å². The van der Waals surface area contributed by atoms with Gasteiger partial charge in [-0.3, -0.25) is 9.89 Å². The summed E-state index contributed by atoms with van der Waals surface area (Å²) >= 11 is 1.21. The van der Waals surface area contributed by atoms with Crippen LogP contribution in [-0.2, 0) is 11.0 Å². The Balaban J connectivity index is 1.60. The molecule has 0 radical (unpaired) electrons. The number of nitrogens with zero attached hydrogens (tertiary/aromatic N) is 2. The van der Waals surface area contributed by atoms with E-state index in [1.807, 2.05) is 0 Å². The van der Waals surface area contributed by atoms with Gasteiger partial charge in [-0.05, 0) is 25.0 Å². The molecule has 0 bridgehead atoms. The molecule has 2 N–H and O–H groups in total. The molecule has 1 amide bonds. The molecular formula is C18H17F3N4OS. The van der Waals surface area contributed by atoms with Gasteiger partial charge in [-0.1, -0.05) is 42.7 Å². The summed E-state index contributed by atoms with van der Waals surface area (Å²) < 4.78 is 39.5. The Labute approximate surface area is 157 Å². The molecule has 0 spiro atoms. The molecule has 1 aliphatic carbocycles. The van der Waals surface area contributed by atoms with Crippen LogP contribution in [0.1, 0.15) is 37.7 Å². The number of amides is 1. The molecule has 5 nitrogen and oxygen atoms in total. The number of benzene rings is 1. The van der Waals surface area contributed by atoms with Crippen molar-refractivity contribution in [3.05, 3.63) is 29.8 Å². The first-order valence-corrected chi connectivity index (χ1v) is 9.57. The number of aromatic amines is 1. The Morgan fingerprint density at radius 1 is 1.22 bits per heavy atom. The third-order valence-electron chi connectivity index (χ3n) is 4.79. The topological polar surface area (TPSA) is 70.7 Å². The minimum Gasteiger partial charge on any atom is -0.302 e. The van der Waals surface area contributed by atoms with Gasteiger partial charge in [-0.15, -0.1) is 0 Å². The van der Waals surface area contributed by atoms with Crippen molar-refractivity contribution in [2.24, 2.45) is 5.92 Å². The van der Waals surface area contributed by atoms with E-state index in [-0.39, 0.29) is 11.8 Å². The van der Waals surface area contributed by atoms with Crippen molar-refractivity contribution in [1.82, 2.24) is 15.2 Å². The smallest absolute Gasteiger partial charge is 0.302 e. The van der Waals surface area contributed by atoms with Crippen molar-refractivity contribution in [2.45, 2.75) is 38.3 Å². The lowest BCUT2D eigenvalue weighted by Gasteiger charge is -2.19. The number of fused-ring (bicyclic) bond motifs is 1.